The molecule has 34 heavy (non-hydrogen) atoms. The Bertz CT molecular complexity index is 1430. The molecule has 0 aliphatic carbocycles. The van der Waals surface area contributed by atoms with Gasteiger partial charge >= 0.3 is 0 Å². The van der Waals surface area contributed by atoms with Crippen LogP contribution in [0.25, 0.3) is 28.2 Å². The van der Waals surface area contributed by atoms with Crippen molar-refractivity contribution in [1.82, 2.24) is 30.8 Å². The van der Waals surface area contributed by atoms with E-state index in [1.165, 1.54) is 6.20 Å². The van der Waals surface area contributed by atoms with Gasteiger partial charge in [0.15, 0.2) is 0 Å². The van der Waals surface area contributed by atoms with Crippen molar-refractivity contribution < 1.29 is 9.59 Å². The molecule has 2 aromatic heterocycles. The minimum Gasteiger partial charge on any atom is -0.277 e. The first-order valence-corrected chi connectivity index (χ1v) is 10.6. The molecule has 0 spiro atoms. The number of carbonyl (C=O) groups is 2. The van der Waals surface area contributed by atoms with Gasteiger partial charge in [-0.1, -0.05) is 78.9 Å². The molecule has 0 radical (unpaired) electrons. The number of benzene rings is 3. The molecule has 3 N–H and O–H groups in total. The Morgan fingerprint density at radius 1 is 0.706 bits per heavy atom. The van der Waals surface area contributed by atoms with Crippen LogP contribution in [-0.2, 0) is 0 Å². The molecular formula is C26H20N6O2. The summed E-state index contributed by atoms with van der Waals surface area (Å²) in [6, 6.07) is 28.3. The predicted octanol–water partition coefficient (Wildman–Crippen LogP) is 4.00. The molecule has 0 saturated carbocycles. The van der Waals surface area contributed by atoms with Crippen LogP contribution in [0.2, 0.25) is 0 Å². The Balaban J connectivity index is 1.40. The normalized spacial score (nSPS) is 10.6. The summed E-state index contributed by atoms with van der Waals surface area (Å²) in [5, 5.41) is 11.5. The minimum absolute atomic E-state index is 0.315. The Hall–Kier alpha value is -4.98. The van der Waals surface area contributed by atoms with Gasteiger partial charge in [0.2, 0.25) is 0 Å². The highest BCUT2D eigenvalue weighted by Gasteiger charge is 2.21. The monoisotopic (exact) mass is 448 g/mol. The number of nitrogens with one attached hydrogen (secondary N) is 3. The molecule has 0 aliphatic heterocycles. The molecule has 8 nitrogen and oxygen atoms in total. The molecule has 0 bridgehead atoms. The summed E-state index contributed by atoms with van der Waals surface area (Å²) in [5.41, 5.74) is 9.11. The number of rotatable bonds is 5. The maximum atomic E-state index is 13.1. The third-order valence-electron chi connectivity index (χ3n) is 5.26. The molecule has 0 unspecified atom stereocenters. The van der Waals surface area contributed by atoms with E-state index in [0.29, 0.717) is 22.5 Å². The fourth-order valence-electron chi connectivity index (χ4n) is 3.59. The van der Waals surface area contributed by atoms with Gasteiger partial charge < -0.3 is 0 Å². The highest BCUT2D eigenvalue weighted by Crippen LogP contribution is 2.24. The number of hydrogen-bond acceptors (Lipinski definition) is 4. The number of amides is 2. The summed E-state index contributed by atoms with van der Waals surface area (Å²) < 4.78 is 1.64. The average Bonchev–Trinajstić information content (AvgIpc) is 3.57. The zero-order valence-electron chi connectivity index (χ0n) is 18.0. The SMILES string of the molecule is O=C(NNC(=O)c1cn[nH]c1-c1ccccc1)c1cn(-c2ccccc2)nc1-c1ccccc1. The van der Waals surface area contributed by atoms with Crippen LogP contribution in [0.4, 0.5) is 0 Å². The van der Waals surface area contributed by atoms with Crippen LogP contribution in [0.15, 0.2) is 103 Å². The molecule has 8 heteroatoms. The first-order valence-electron chi connectivity index (χ1n) is 10.6. The lowest BCUT2D eigenvalue weighted by Gasteiger charge is -2.08. The van der Waals surface area contributed by atoms with Crippen molar-refractivity contribution in [3.63, 3.8) is 0 Å². The van der Waals surface area contributed by atoms with Crippen LogP contribution in [0.1, 0.15) is 20.7 Å². The molecule has 0 saturated heterocycles. The van der Waals surface area contributed by atoms with E-state index in [9.17, 15) is 9.59 Å². The van der Waals surface area contributed by atoms with Crippen molar-refractivity contribution in [3.8, 4) is 28.2 Å². The van der Waals surface area contributed by atoms with E-state index < -0.39 is 11.8 Å². The smallest absolute Gasteiger partial charge is 0.273 e. The second-order valence-electron chi connectivity index (χ2n) is 7.47. The summed E-state index contributed by atoms with van der Waals surface area (Å²) in [7, 11) is 0. The van der Waals surface area contributed by atoms with E-state index in [4.69, 9.17) is 0 Å². The Kier molecular flexibility index (Phi) is 5.69. The highest BCUT2D eigenvalue weighted by atomic mass is 16.2. The summed E-state index contributed by atoms with van der Waals surface area (Å²) in [6.07, 6.45) is 3.07. The molecule has 0 fully saturated rings. The molecule has 0 atom stereocenters. The van der Waals surface area contributed by atoms with Crippen LogP contribution in [-0.4, -0.2) is 31.8 Å². The van der Waals surface area contributed by atoms with Crippen molar-refractivity contribution in [2.45, 2.75) is 0 Å². The first-order chi connectivity index (χ1) is 16.7. The summed E-state index contributed by atoms with van der Waals surface area (Å²) in [6.45, 7) is 0. The highest BCUT2D eigenvalue weighted by molar-refractivity contribution is 6.04. The van der Waals surface area contributed by atoms with Gasteiger partial charge in [-0.05, 0) is 12.1 Å². The van der Waals surface area contributed by atoms with Gasteiger partial charge in [-0.25, -0.2) is 4.68 Å². The first kappa shape index (κ1) is 20.9. The quantitative estimate of drug-likeness (QED) is 0.354. The third kappa shape index (κ3) is 4.20. The topological polar surface area (TPSA) is 105 Å². The van der Waals surface area contributed by atoms with Crippen molar-refractivity contribution in [2.24, 2.45) is 0 Å². The van der Waals surface area contributed by atoms with Crippen LogP contribution in [0.5, 0.6) is 0 Å². The largest absolute Gasteiger partial charge is 0.277 e. The van der Waals surface area contributed by atoms with E-state index in [-0.39, 0.29) is 0 Å². The van der Waals surface area contributed by atoms with Gasteiger partial charge in [-0.2, -0.15) is 10.2 Å². The predicted molar refractivity (Wildman–Crippen MR) is 128 cm³/mol. The second-order valence-corrected chi connectivity index (χ2v) is 7.47. The molecule has 166 valence electrons. The Morgan fingerprint density at radius 3 is 1.91 bits per heavy atom. The zero-order chi connectivity index (χ0) is 23.3. The number of hydrazine groups is 1. The molecule has 2 amide bonds. The average molecular weight is 448 g/mol. The van der Waals surface area contributed by atoms with Crippen molar-refractivity contribution in [1.29, 1.82) is 0 Å². The lowest BCUT2D eigenvalue weighted by Crippen LogP contribution is -2.41. The van der Waals surface area contributed by atoms with Gasteiger partial charge in [0.25, 0.3) is 11.8 Å². The molecule has 5 aromatic rings. The number of aromatic nitrogens is 4. The fourth-order valence-corrected chi connectivity index (χ4v) is 3.59. The number of aromatic amines is 1. The van der Waals surface area contributed by atoms with E-state index in [0.717, 1.165) is 16.8 Å². The van der Waals surface area contributed by atoms with Gasteiger partial charge in [0, 0.05) is 17.3 Å². The van der Waals surface area contributed by atoms with Crippen molar-refractivity contribution in [3.05, 3.63) is 115 Å². The van der Waals surface area contributed by atoms with Gasteiger partial charge in [0.1, 0.15) is 5.69 Å². The number of nitrogens with zero attached hydrogens (tertiary/aromatic N) is 3. The van der Waals surface area contributed by atoms with Crippen LogP contribution < -0.4 is 10.9 Å². The summed E-state index contributed by atoms with van der Waals surface area (Å²) in [5.74, 6) is -0.975. The van der Waals surface area contributed by atoms with Crippen LogP contribution in [0.3, 0.4) is 0 Å². The van der Waals surface area contributed by atoms with E-state index >= 15 is 0 Å². The maximum absolute atomic E-state index is 13.1. The summed E-state index contributed by atoms with van der Waals surface area (Å²) >= 11 is 0. The fraction of sp³-hybridized carbons (Fsp3) is 0. The second kappa shape index (κ2) is 9.25. The van der Waals surface area contributed by atoms with Gasteiger partial charge in [-0.15, -0.1) is 0 Å². The van der Waals surface area contributed by atoms with Crippen molar-refractivity contribution >= 4 is 11.8 Å². The maximum Gasteiger partial charge on any atom is 0.273 e. The number of carbonyl (C=O) groups excluding carboxylic acids is 2. The molecular weight excluding hydrogens is 428 g/mol. The van der Waals surface area contributed by atoms with Crippen LogP contribution >= 0.6 is 0 Å². The zero-order valence-corrected chi connectivity index (χ0v) is 18.0. The number of H-pyrrole nitrogens is 1. The standard InChI is InChI=1S/C26H20N6O2/c33-25(21-16-27-28-23(21)18-10-4-1-5-11-18)29-30-26(34)22-17-32(20-14-8-3-9-15-20)31-24(22)19-12-6-2-7-13-19/h1-17H,(H,27,28)(H,29,33)(H,30,34). The Labute approximate surface area is 195 Å². The molecule has 2 heterocycles. The molecule has 3 aromatic carbocycles. The van der Waals surface area contributed by atoms with E-state index in [2.05, 4.69) is 26.1 Å². The lowest BCUT2D eigenvalue weighted by atomic mass is 10.1. The van der Waals surface area contributed by atoms with E-state index in [1.54, 1.807) is 10.9 Å². The molecule has 5 rings (SSSR count). The third-order valence-corrected chi connectivity index (χ3v) is 5.26. The number of para-hydroxylation sites is 1. The number of hydrogen-bond donors (Lipinski definition) is 3. The summed E-state index contributed by atoms with van der Waals surface area (Å²) in [4.78, 5) is 25.9. The van der Waals surface area contributed by atoms with Crippen LogP contribution in [0, 0.1) is 0 Å². The van der Waals surface area contributed by atoms with Gasteiger partial charge in [0.05, 0.1) is 28.7 Å². The minimum atomic E-state index is -0.488. The van der Waals surface area contributed by atoms with E-state index in [1.807, 2.05) is 91.0 Å². The van der Waals surface area contributed by atoms with Gasteiger partial charge in [-0.3, -0.25) is 25.5 Å². The Morgan fingerprint density at radius 2 is 1.26 bits per heavy atom. The molecule has 0 aliphatic rings. The lowest BCUT2D eigenvalue weighted by molar-refractivity contribution is 0.0847. The van der Waals surface area contributed by atoms with Crippen molar-refractivity contribution in [2.75, 3.05) is 0 Å².